The second kappa shape index (κ2) is 17.5. The largest absolute Gasteiger partial charge is 0.508 e. The highest BCUT2D eigenvalue weighted by molar-refractivity contribution is 7.92. The maximum Gasteiger partial charge on any atom is 0.258 e. The lowest BCUT2D eigenvalue weighted by molar-refractivity contribution is -0.137. The Morgan fingerprint density at radius 2 is 1.55 bits per heavy atom. The van der Waals surface area contributed by atoms with E-state index in [9.17, 15) is 28.2 Å². The number of hydrogen-bond acceptors (Lipinski definition) is 11. The predicted octanol–water partition coefficient (Wildman–Crippen LogP) is 6.76. The van der Waals surface area contributed by atoms with Crippen LogP contribution >= 0.6 is 0 Å². The summed E-state index contributed by atoms with van der Waals surface area (Å²) in [5, 5.41) is 28.8. The number of rotatable bonds is 11. The van der Waals surface area contributed by atoms with Gasteiger partial charge >= 0.3 is 0 Å². The number of benzene rings is 4. The van der Waals surface area contributed by atoms with E-state index in [-0.39, 0.29) is 40.7 Å². The lowest BCUT2D eigenvalue weighted by atomic mass is 9.94. The van der Waals surface area contributed by atoms with Gasteiger partial charge in [-0.3, -0.25) is 19.2 Å². The van der Waals surface area contributed by atoms with Crippen LogP contribution in [-0.4, -0.2) is 105 Å². The van der Waals surface area contributed by atoms with Crippen molar-refractivity contribution in [2.24, 2.45) is 5.92 Å². The summed E-state index contributed by atoms with van der Waals surface area (Å²) in [5.74, 6) is 0.223. The van der Waals surface area contributed by atoms with Gasteiger partial charge in [0.15, 0.2) is 0 Å². The van der Waals surface area contributed by atoms with Gasteiger partial charge in [-0.05, 0) is 109 Å². The summed E-state index contributed by atoms with van der Waals surface area (Å²) >= 11 is 0. The van der Waals surface area contributed by atoms with Gasteiger partial charge in [-0.2, -0.15) is 0 Å². The number of carbonyl (C=O) groups excluding carboxylic acids is 2. The summed E-state index contributed by atoms with van der Waals surface area (Å²) < 4.78 is 27.9. The van der Waals surface area contributed by atoms with Crippen LogP contribution in [0.3, 0.4) is 0 Å². The average molecular weight is 884 g/mol. The minimum absolute atomic E-state index is 0.00760. The fraction of sp³-hybridized carbons (Fsp3) is 0.333. The molecule has 0 bridgehead atoms. The van der Waals surface area contributed by atoms with Gasteiger partial charge in [0.05, 0.1) is 29.2 Å². The van der Waals surface area contributed by atoms with Crippen molar-refractivity contribution in [2.75, 3.05) is 60.5 Å². The van der Waals surface area contributed by atoms with Crippen LogP contribution in [-0.2, 0) is 34.5 Å². The number of amides is 2. The highest BCUT2D eigenvalue weighted by Crippen LogP contribution is 2.35. The molecule has 3 aliphatic heterocycles. The summed E-state index contributed by atoms with van der Waals surface area (Å²) in [4.78, 5) is 40.2. The van der Waals surface area contributed by atoms with Gasteiger partial charge in [0.25, 0.3) is 5.91 Å². The van der Waals surface area contributed by atoms with Crippen LogP contribution < -0.4 is 14.9 Å². The highest BCUT2D eigenvalue weighted by Gasteiger charge is 2.32. The van der Waals surface area contributed by atoms with Crippen LogP contribution in [0, 0.1) is 5.92 Å². The van der Waals surface area contributed by atoms with Crippen molar-refractivity contribution in [2.45, 2.75) is 52.2 Å². The smallest absolute Gasteiger partial charge is 0.258 e. The zero-order valence-corrected chi connectivity index (χ0v) is 37.1. The highest BCUT2D eigenvalue weighted by atomic mass is 32.2. The molecule has 15 nitrogen and oxygen atoms in total. The van der Waals surface area contributed by atoms with Crippen molar-refractivity contribution in [3.05, 3.63) is 125 Å². The van der Waals surface area contributed by atoms with E-state index in [4.69, 9.17) is 5.10 Å². The number of fused-ring (bicyclic) bond motifs is 2. The van der Waals surface area contributed by atoms with Crippen molar-refractivity contribution < 1.29 is 28.2 Å². The summed E-state index contributed by atoms with van der Waals surface area (Å²) in [7, 11) is -3.41. The zero-order chi connectivity index (χ0) is 44.7. The van der Waals surface area contributed by atoms with Gasteiger partial charge in [-0.15, -0.1) is 5.10 Å². The van der Waals surface area contributed by atoms with Gasteiger partial charge in [0.2, 0.25) is 21.9 Å². The van der Waals surface area contributed by atoms with Crippen LogP contribution in [0.5, 0.6) is 11.5 Å². The normalized spacial score (nSPS) is 16.1. The minimum atomic E-state index is -3.41. The van der Waals surface area contributed by atoms with Crippen LogP contribution in [0.25, 0.3) is 16.8 Å². The Bertz CT molecular complexity index is 2830. The molecule has 6 aromatic rings. The molecule has 4 aromatic carbocycles. The lowest BCUT2D eigenvalue weighted by Gasteiger charge is -2.39. The number of hydrogen-bond donors (Lipinski definition) is 4. The Kier molecular flexibility index (Phi) is 11.7. The van der Waals surface area contributed by atoms with Gasteiger partial charge in [-0.25, -0.2) is 17.9 Å². The molecular weight excluding hydrogens is 831 g/mol. The van der Waals surface area contributed by atoms with Gasteiger partial charge in [0, 0.05) is 80.4 Å². The van der Waals surface area contributed by atoms with Crippen molar-refractivity contribution in [1.82, 2.24) is 29.3 Å². The summed E-state index contributed by atoms with van der Waals surface area (Å²) in [6.45, 7) is 10.2. The number of aromatic hydroxyl groups is 2. The van der Waals surface area contributed by atoms with E-state index in [0.717, 1.165) is 91.1 Å². The van der Waals surface area contributed by atoms with Gasteiger partial charge in [0.1, 0.15) is 11.5 Å². The molecule has 16 heteroatoms. The molecule has 9 rings (SSSR count). The number of anilines is 4. The molecule has 2 fully saturated rings. The molecule has 2 amide bonds. The molecule has 0 unspecified atom stereocenters. The van der Waals surface area contributed by atoms with E-state index >= 15 is 0 Å². The van der Waals surface area contributed by atoms with Crippen molar-refractivity contribution in [3.63, 3.8) is 0 Å². The number of nitrogens with zero attached hydrogens (tertiary/aromatic N) is 7. The number of carbonyl (C=O) groups is 2. The Hall–Kier alpha value is -6.65. The average Bonchev–Trinajstić information content (AvgIpc) is 3.90. The van der Waals surface area contributed by atoms with E-state index in [0.29, 0.717) is 43.4 Å². The number of nitrogens with one attached hydrogen (secondary N) is 2. The zero-order valence-electron chi connectivity index (χ0n) is 36.2. The first-order chi connectivity index (χ1) is 30.7. The summed E-state index contributed by atoms with van der Waals surface area (Å²) in [6.07, 6.45) is 4.52. The van der Waals surface area contributed by atoms with Crippen LogP contribution in [0.15, 0.2) is 97.2 Å². The van der Waals surface area contributed by atoms with E-state index < -0.39 is 10.0 Å². The molecule has 3 aliphatic rings. The molecule has 0 radical (unpaired) electrons. The number of sulfonamides is 1. The van der Waals surface area contributed by atoms with Crippen LogP contribution in [0.4, 0.5) is 23.0 Å². The number of phenols is 2. The molecule has 0 saturated carbocycles. The second-order valence-corrected chi connectivity index (χ2v) is 19.2. The number of phenolic OH excluding ortho intramolecular Hbond substituents is 2. The lowest BCUT2D eigenvalue weighted by Crippen LogP contribution is -2.51. The Labute approximate surface area is 373 Å². The molecule has 2 saturated heterocycles. The second-order valence-electron chi connectivity index (χ2n) is 17.5. The first kappa shape index (κ1) is 42.6. The number of piperidine rings is 1. The fourth-order valence-electron chi connectivity index (χ4n) is 9.15. The van der Waals surface area contributed by atoms with Gasteiger partial charge in [-0.1, -0.05) is 44.2 Å². The van der Waals surface area contributed by atoms with Crippen LogP contribution in [0.1, 0.15) is 65.2 Å². The minimum Gasteiger partial charge on any atom is -0.508 e. The molecule has 0 atom stereocenters. The maximum atomic E-state index is 13.7. The molecule has 0 aliphatic carbocycles. The summed E-state index contributed by atoms with van der Waals surface area (Å²) in [5.41, 5.74) is 9.01. The Morgan fingerprint density at radius 3 is 2.28 bits per heavy atom. The first-order valence-electron chi connectivity index (χ1n) is 21.8. The first-order valence-corrected chi connectivity index (χ1v) is 23.7. The standard InChI is InChI=1S/C48H53N9O6S/c1-31(2)41-25-42(45(59)26-44(41)58)47(61)56-29-35-8-7-32(23-36(35)30-56)28-53-17-15-33(16-18-53)46(60)55-21-19-54(20-22-55)39-11-9-37(10-12-39)50-48-49-27-40-13-14-43(57(40)51-48)34-5-4-6-38(24-34)52-64(3,62)63/h4-14,23-27,31,33,52,58-59H,15-22,28-30H2,1-3H3,(H,50,51). The molecule has 64 heavy (non-hydrogen) atoms. The monoisotopic (exact) mass is 883 g/mol. The van der Waals surface area contributed by atoms with Crippen molar-refractivity contribution in [3.8, 4) is 22.8 Å². The molecule has 5 heterocycles. The number of piperazine rings is 1. The molecule has 332 valence electrons. The third-order valence-corrected chi connectivity index (χ3v) is 13.2. The molecule has 4 N–H and O–H groups in total. The Morgan fingerprint density at radius 1 is 0.797 bits per heavy atom. The predicted molar refractivity (Wildman–Crippen MR) is 247 cm³/mol. The summed E-state index contributed by atoms with van der Waals surface area (Å²) in [6, 6.07) is 28.4. The fourth-order valence-corrected chi connectivity index (χ4v) is 9.70. The van der Waals surface area contributed by atoms with Crippen LogP contribution in [0.2, 0.25) is 0 Å². The Balaban J connectivity index is 0.738. The molecule has 2 aromatic heterocycles. The molecule has 0 spiro atoms. The van der Waals surface area contributed by atoms with E-state index in [1.54, 1.807) is 39.9 Å². The van der Waals surface area contributed by atoms with Gasteiger partial charge < -0.3 is 30.2 Å². The quantitative estimate of drug-likeness (QED) is 0.108. The van der Waals surface area contributed by atoms with E-state index in [1.807, 2.05) is 49.1 Å². The van der Waals surface area contributed by atoms with E-state index in [1.165, 1.54) is 11.6 Å². The van der Waals surface area contributed by atoms with Crippen molar-refractivity contribution >= 4 is 50.4 Å². The number of likely N-dealkylation sites (tertiary alicyclic amines) is 1. The number of aromatic nitrogens is 3. The third kappa shape index (κ3) is 9.19. The topological polar surface area (TPSA) is 176 Å². The van der Waals surface area contributed by atoms with Crippen molar-refractivity contribution in [1.29, 1.82) is 0 Å². The van der Waals surface area contributed by atoms with E-state index in [2.05, 4.69) is 55.2 Å². The maximum absolute atomic E-state index is 13.7. The SMILES string of the molecule is CC(C)c1cc(C(=O)N2Cc3ccc(CN4CCC(C(=O)N5CCN(c6ccc(Nc7ncc8ccc(-c9cccc(NS(C)(=O)=O)c9)n8n7)cc6)CC5)CC4)cc3C2)c(O)cc1O. The third-order valence-electron chi connectivity index (χ3n) is 12.6. The molecular formula is C48H53N9O6S.